The Hall–Kier alpha value is -5.13. The summed E-state index contributed by atoms with van der Waals surface area (Å²) in [5.41, 5.74) is 5.17. The molecule has 3 unspecified atom stereocenters. The maximum absolute atomic E-state index is 17.4. The third-order valence-corrected chi connectivity index (χ3v) is 13.5. The molecule has 3 fully saturated rings. The number of aliphatic hydroxyl groups is 1. The molecule has 370 valence electrons. The number of amides is 1. The number of esters is 1. The number of hydrogen-bond acceptors (Lipinski definition) is 18. The van der Waals surface area contributed by atoms with E-state index in [4.69, 9.17) is 35.2 Å². The van der Waals surface area contributed by atoms with Crippen LogP contribution in [0.4, 0.5) is 20.8 Å². The molecule has 3 aromatic heterocycles. The summed E-state index contributed by atoms with van der Waals surface area (Å²) in [6.45, 7) is 12.0. The van der Waals surface area contributed by atoms with Gasteiger partial charge in [0.1, 0.15) is 29.5 Å². The van der Waals surface area contributed by atoms with Crippen molar-refractivity contribution in [1.29, 1.82) is 0 Å². The number of cyclic esters (lactones) is 1. The van der Waals surface area contributed by atoms with Crippen molar-refractivity contribution >= 4 is 29.5 Å². The van der Waals surface area contributed by atoms with Crippen molar-refractivity contribution in [2.75, 3.05) is 45.8 Å². The first-order chi connectivity index (χ1) is 31.6. The van der Waals surface area contributed by atoms with Crippen LogP contribution in [0.5, 0.6) is 0 Å². The van der Waals surface area contributed by atoms with Gasteiger partial charge in [-0.25, -0.2) is 23.8 Å². The van der Waals surface area contributed by atoms with Gasteiger partial charge in [-0.1, -0.05) is 32.1 Å². The van der Waals surface area contributed by atoms with Gasteiger partial charge in [0, 0.05) is 44.4 Å². The van der Waals surface area contributed by atoms with Gasteiger partial charge in [0.2, 0.25) is 0 Å². The molecule has 0 saturated carbocycles. The molecule has 0 bridgehead atoms. The molecule has 3 saturated heterocycles. The predicted octanol–water partition coefficient (Wildman–Crippen LogP) is 2.50. The molecule has 67 heavy (non-hydrogen) atoms. The van der Waals surface area contributed by atoms with E-state index in [0.29, 0.717) is 43.0 Å². The Morgan fingerprint density at radius 2 is 1.72 bits per heavy atom. The molecule has 21 nitrogen and oxygen atoms in total. The van der Waals surface area contributed by atoms with E-state index in [2.05, 4.69) is 25.6 Å². The van der Waals surface area contributed by atoms with Crippen LogP contribution in [-0.2, 0) is 45.5 Å². The Balaban J connectivity index is 1.37. The fourth-order valence-corrected chi connectivity index (χ4v) is 9.95. The van der Waals surface area contributed by atoms with Gasteiger partial charge in [-0.2, -0.15) is 4.98 Å². The second-order valence-corrected chi connectivity index (χ2v) is 18.9. The number of rotatable bonds is 12. The summed E-state index contributed by atoms with van der Waals surface area (Å²) >= 11 is 0. The number of aromatic nitrogens is 6. The minimum Gasteiger partial charge on any atom is -0.453 e. The number of nitrogen functional groups attached to an aromatic ring is 2. The average Bonchev–Trinajstić information content (AvgIpc) is 3.87. The van der Waals surface area contributed by atoms with Gasteiger partial charge in [-0.3, -0.25) is 18.9 Å². The highest BCUT2D eigenvalue weighted by Crippen LogP contribution is 2.43. The molecule has 3 aliphatic rings. The summed E-state index contributed by atoms with van der Waals surface area (Å²) in [6, 6.07) is 4.37. The number of likely N-dealkylation sites (N-methyl/N-ethyl adjacent to an activating group) is 1. The molecule has 0 aromatic carbocycles. The monoisotopic (exact) mass is 942 g/mol. The highest BCUT2D eigenvalue weighted by molar-refractivity contribution is 6.07. The maximum Gasteiger partial charge on any atom is 0.412 e. The lowest BCUT2D eigenvalue weighted by Crippen LogP contribution is -2.65. The molecule has 6 rings (SSSR count). The second kappa shape index (κ2) is 20.6. The number of anilines is 2. The number of aliphatic hydroxyl groups excluding tert-OH is 1. The molecular weight excluding hydrogens is 874 g/mol. The van der Waals surface area contributed by atoms with Crippen molar-refractivity contribution in [1.82, 2.24) is 44.6 Å². The maximum atomic E-state index is 17.4. The molecule has 3 aromatic rings. The number of Topliss-reactive ketones (excluding diaryl/α,β-unsaturated/α-hetero) is 1. The van der Waals surface area contributed by atoms with E-state index in [-0.39, 0.29) is 49.8 Å². The summed E-state index contributed by atoms with van der Waals surface area (Å²) in [6.07, 6.45) is -1.81. The Kier molecular flexibility index (Phi) is 15.8. The zero-order valence-corrected chi connectivity index (χ0v) is 40.1. The van der Waals surface area contributed by atoms with Gasteiger partial charge in [-0.05, 0) is 105 Å². The first-order valence-electron chi connectivity index (χ1n) is 22.9. The third-order valence-electron chi connectivity index (χ3n) is 13.5. The number of alkyl halides is 1. The minimum atomic E-state index is -3.32. The van der Waals surface area contributed by atoms with Crippen molar-refractivity contribution in [3.05, 3.63) is 47.1 Å². The number of nitrogens with one attached hydrogen (secondary N) is 1. The van der Waals surface area contributed by atoms with E-state index in [0.717, 1.165) is 11.5 Å². The Morgan fingerprint density at radius 1 is 1.01 bits per heavy atom. The van der Waals surface area contributed by atoms with E-state index in [9.17, 15) is 24.3 Å². The molecule has 0 spiro atoms. The fourth-order valence-electron chi connectivity index (χ4n) is 9.95. The SMILES string of the molecule is CC[C@H]1OC(=O)C(C)(F)C(=O)[C@@H](C)[C@@H](O[C@@H]2O[C@H](C)CC(N(C)C)C2O)[C@](C)(OC)C[C@@H](C)CN[C@H](C)[C@H]2N(CCCCn3cc(-c4cccc(N)n4)nn3)C(=O)O[C@]12n1ccc(N)nc1=O. The van der Waals surface area contributed by atoms with E-state index >= 15 is 4.39 Å². The van der Waals surface area contributed by atoms with Crippen LogP contribution in [0.3, 0.4) is 0 Å². The van der Waals surface area contributed by atoms with Crippen LogP contribution in [0, 0.1) is 11.8 Å². The number of ether oxygens (including phenoxy) is 5. The zero-order valence-electron chi connectivity index (χ0n) is 40.1. The Bertz CT molecular complexity index is 2280. The number of nitrogens with two attached hydrogens (primary N) is 2. The number of unbranched alkanes of at least 4 members (excludes halogenated alkanes) is 1. The number of ketones is 1. The Labute approximate surface area is 390 Å². The van der Waals surface area contributed by atoms with Crippen LogP contribution in [0.15, 0.2) is 41.5 Å². The first-order valence-corrected chi connectivity index (χ1v) is 22.9. The normalized spacial score (nSPS) is 34.6. The standard InChI is InChI=1S/C45H68FN11O10/c1-11-32-45(57-20-17-34(48)51-41(57)61)36(56(42(62)67-45)19-13-12-18-55-24-30(52-53-55)29-15-14-16-33(47)50-29)28(5)49-23-25(2)22-43(6,63-10)38(27(4)37(59)44(7,46)40(60)65-32)66-39-35(58)31(54(8)9)21-26(3)64-39/h14-17,20,24-28,31-32,35-36,38-39,49,58H,11-13,18-19,21-23H2,1-10H3,(H2,47,50)(H2,48,51,61)/t25-,26-,27-,28-,31?,32-,35?,36-,38-,39+,43-,44?,45-/m1/s1. The van der Waals surface area contributed by atoms with Gasteiger partial charge in [0.15, 0.2) is 18.2 Å². The van der Waals surface area contributed by atoms with Crippen LogP contribution < -0.4 is 22.5 Å². The minimum absolute atomic E-state index is 0.104. The van der Waals surface area contributed by atoms with E-state index in [1.54, 1.807) is 49.8 Å². The number of pyridine rings is 1. The largest absolute Gasteiger partial charge is 0.453 e. The molecule has 0 radical (unpaired) electrons. The van der Waals surface area contributed by atoms with Crippen LogP contribution >= 0.6 is 0 Å². The van der Waals surface area contributed by atoms with Crippen LogP contribution in [-0.4, -0.2) is 157 Å². The van der Waals surface area contributed by atoms with Gasteiger partial charge in [-0.15, -0.1) is 5.10 Å². The lowest BCUT2D eigenvalue weighted by Gasteiger charge is -2.47. The second-order valence-electron chi connectivity index (χ2n) is 18.9. The molecule has 0 aliphatic carbocycles. The average molecular weight is 942 g/mol. The van der Waals surface area contributed by atoms with Crippen molar-refractivity contribution in [2.24, 2.45) is 11.8 Å². The van der Waals surface area contributed by atoms with Gasteiger partial charge in [0.25, 0.3) is 11.4 Å². The molecule has 22 heteroatoms. The first kappa shape index (κ1) is 51.3. The van der Waals surface area contributed by atoms with Crippen molar-refractivity contribution in [3.63, 3.8) is 0 Å². The van der Waals surface area contributed by atoms with Crippen molar-refractivity contribution in [3.8, 4) is 11.4 Å². The Morgan fingerprint density at radius 3 is 2.37 bits per heavy atom. The lowest BCUT2D eigenvalue weighted by molar-refractivity contribution is -0.295. The van der Waals surface area contributed by atoms with Gasteiger partial charge >= 0.3 is 17.8 Å². The number of carbonyl (C=O) groups excluding carboxylic acids is 3. The van der Waals surface area contributed by atoms with E-state index < -0.39 is 83.1 Å². The molecular formula is C45H68FN11O10. The molecule has 13 atom stereocenters. The molecule has 6 heterocycles. The summed E-state index contributed by atoms with van der Waals surface area (Å²) in [7, 11) is 5.11. The number of aryl methyl sites for hydroxylation is 1. The van der Waals surface area contributed by atoms with Crippen molar-refractivity contribution < 1.29 is 47.6 Å². The number of nitrogens with zero attached hydrogens (tertiary/aromatic N) is 8. The predicted molar refractivity (Wildman–Crippen MR) is 243 cm³/mol. The highest BCUT2D eigenvalue weighted by Gasteiger charge is 2.64. The lowest BCUT2D eigenvalue weighted by atomic mass is 9.78. The van der Waals surface area contributed by atoms with E-state index in [1.165, 1.54) is 31.2 Å². The summed E-state index contributed by atoms with van der Waals surface area (Å²) in [5, 5.41) is 23.5. The fraction of sp³-hybridized carbons (Fsp3) is 0.689. The number of carbonyl (C=O) groups is 3. The van der Waals surface area contributed by atoms with E-state index in [1.807, 2.05) is 32.8 Å². The number of methoxy groups -OCH3 is 1. The van der Waals surface area contributed by atoms with Gasteiger partial charge < -0.3 is 50.5 Å². The van der Waals surface area contributed by atoms with Crippen LogP contribution in [0.25, 0.3) is 11.4 Å². The quantitative estimate of drug-likeness (QED) is 0.115. The van der Waals surface area contributed by atoms with Crippen LogP contribution in [0.2, 0.25) is 0 Å². The zero-order chi connectivity index (χ0) is 49.2. The molecule has 1 amide bonds. The third kappa shape index (κ3) is 10.5. The summed E-state index contributed by atoms with van der Waals surface area (Å²) in [4.78, 5) is 68.9. The highest BCUT2D eigenvalue weighted by atomic mass is 19.1. The summed E-state index contributed by atoms with van der Waals surface area (Å²) in [5.74, 6) is -4.19. The number of hydrogen-bond donors (Lipinski definition) is 4. The molecule has 6 N–H and O–H groups in total. The topological polar surface area (TPSA) is 267 Å². The van der Waals surface area contributed by atoms with Gasteiger partial charge in [0.05, 0.1) is 29.7 Å². The van der Waals surface area contributed by atoms with Crippen LogP contribution in [0.1, 0.15) is 80.6 Å². The number of fused-ring (bicyclic) bond motifs is 1. The smallest absolute Gasteiger partial charge is 0.412 e. The summed E-state index contributed by atoms with van der Waals surface area (Å²) < 4.78 is 51.3. The molecule has 3 aliphatic heterocycles. The number of halogens is 1. The van der Waals surface area contributed by atoms with Crippen molar-refractivity contribution in [2.45, 2.75) is 153 Å².